The fraction of sp³-hybridized carbons (Fsp3) is 0.312. The van der Waals surface area contributed by atoms with Crippen LogP contribution in [0.5, 0.6) is 0 Å². The number of carbonyl (C=O) groups is 1. The van der Waals surface area contributed by atoms with Crippen LogP contribution in [0, 0.1) is 12.7 Å². The quantitative estimate of drug-likeness (QED) is 0.630. The second-order valence-electron chi connectivity index (χ2n) is 6.00. The summed E-state index contributed by atoms with van der Waals surface area (Å²) in [5.41, 5.74) is 3.66. The highest BCUT2D eigenvalue weighted by Crippen LogP contribution is 2.29. The first kappa shape index (κ1) is 18.5. The third kappa shape index (κ3) is 3.94. The van der Waals surface area contributed by atoms with Crippen molar-refractivity contribution in [2.75, 3.05) is 11.5 Å². The number of sulfone groups is 1. The monoisotopic (exact) mass is 398 g/mol. The number of hydrogen-bond acceptors (Lipinski definition) is 5. The lowest BCUT2D eigenvalue weighted by molar-refractivity contribution is 0.0955. The molecule has 1 aliphatic heterocycles. The summed E-state index contributed by atoms with van der Waals surface area (Å²) in [7, 11) is -3.06. The molecule has 1 amide bonds. The molecule has 0 aliphatic carbocycles. The molecule has 1 fully saturated rings. The van der Waals surface area contributed by atoms with E-state index in [-0.39, 0.29) is 28.3 Å². The Hall–Kier alpha value is -2.26. The minimum absolute atomic E-state index is 0.00568. The number of hydrazone groups is 1. The SMILES string of the molecule is Cc1nn([C@@H]2CCS(=O)(=O)C2)c(Cl)c1/C=N\NC(=O)c1ccc(F)cc1. The van der Waals surface area contributed by atoms with Crippen LogP contribution in [0.3, 0.4) is 0 Å². The Balaban J connectivity index is 1.73. The Labute approximate surface area is 154 Å². The normalized spacial score (nSPS) is 19.1. The smallest absolute Gasteiger partial charge is 0.267 e. The third-order valence-corrected chi connectivity index (χ3v) is 6.22. The van der Waals surface area contributed by atoms with Crippen molar-refractivity contribution < 1.29 is 17.6 Å². The number of benzene rings is 1. The summed E-state index contributed by atoms with van der Waals surface area (Å²) >= 11 is 6.31. The molecule has 1 aromatic carbocycles. The van der Waals surface area contributed by atoms with Gasteiger partial charge >= 0.3 is 0 Å². The number of halogens is 2. The molecule has 2 aromatic rings. The van der Waals surface area contributed by atoms with Gasteiger partial charge in [0.25, 0.3) is 5.91 Å². The molecule has 26 heavy (non-hydrogen) atoms. The van der Waals surface area contributed by atoms with E-state index in [0.29, 0.717) is 17.7 Å². The zero-order chi connectivity index (χ0) is 18.9. The fourth-order valence-electron chi connectivity index (χ4n) is 2.71. The van der Waals surface area contributed by atoms with Gasteiger partial charge in [-0.2, -0.15) is 10.2 Å². The van der Waals surface area contributed by atoms with Crippen molar-refractivity contribution in [2.24, 2.45) is 5.10 Å². The number of aryl methyl sites for hydroxylation is 1. The van der Waals surface area contributed by atoms with Gasteiger partial charge in [-0.15, -0.1) is 0 Å². The number of amides is 1. The summed E-state index contributed by atoms with van der Waals surface area (Å²) in [6, 6.07) is 4.74. The van der Waals surface area contributed by atoms with Crippen LogP contribution in [0.2, 0.25) is 5.15 Å². The van der Waals surface area contributed by atoms with Gasteiger partial charge < -0.3 is 0 Å². The van der Waals surface area contributed by atoms with Gasteiger partial charge in [0.2, 0.25) is 0 Å². The number of hydrogen-bond donors (Lipinski definition) is 1. The Kier molecular flexibility index (Phi) is 5.10. The van der Waals surface area contributed by atoms with Crippen molar-refractivity contribution in [2.45, 2.75) is 19.4 Å². The summed E-state index contributed by atoms with van der Waals surface area (Å²) in [6.45, 7) is 1.72. The van der Waals surface area contributed by atoms with E-state index in [1.807, 2.05) is 0 Å². The van der Waals surface area contributed by atoms with E-state index >= 15 is 0 Å². The summed E-state index contributed by atoms with van der Waals surface area (Å²) in [4.78, 5) is 11.9. The maximum absolute atomic E-state index is 12.9. The summed E-state index contributed by atoms with van der Waals surface area (Å²) in [6.07, 6.45) is 1.81. The molecule has 0 unspecified atom stereocenters. The van der Waals surface area contributed by atoms with Crippen LogP contribution in [-0.4, -0.2) is 41.8 Å². The molecule has 1 saturated heterocycles. The zero-order valence-corrected chi connectivity index (χ0v) is 15.4. The van der Waals surface area contributed by atoms with Gasteiger partial charge in [0.1, 0.15) is 11.0 Å². The van der Waals surface area contributed by atoms with Crippen molar-refractivity contribution in [1.29, 1.82) is 0 Å². The Bertz CT molecular complexity index is 970. The average molecular weight is 399 g/mol. The standard InChI is InChI=1S/C16H16ClFN4O3S/c1-10-14(8-19-20-16(23)11-2-4-12(18)5-3-11)15(17)22(21-10)13-6-7-26(24,25)9-13/h2-5,8,13H,6-7,9H2,1H3,(H,20,23)/b19-8-/t13-/m1/s1. The first-order valence-corrected chi connectivity index (χ1v) is 10.0. The van der Waals surface area contributed by atoms with E-state index in [2.05, 4.69) is 15.6 Å². The lowest BCUT2D eigenvalue weighted by Crippen LogP contribution is -2.17. The number of aromatic nitrogens is 2. The summed E-state index contributed by atoms with van der Waals surface area (Å²) < 4.78 is 37.6. The fourth-order valence-corrected chi connectivity index (χ4v) is 4.76. The predicted molar refractivity (Wildman–Crippen MR) is 95.7 cm³/mol. The third-order valence-electron chi connectivity index (χ3n) is 4.09. The van der Waals surface area contributed by atoms with E-state index in [9.17, 15) is 17.6 Å². The number of nitrogens with one attached hydrogen (secondary N) is 1. The topological polar surface area (TPSA) is 93.4 Å². The molecule has 7 nitrogen and oxygen atoms in total. The summed E-state index contributed by atoms with van der Waals surface area (Å²) in [5.74, 6) is -0.812. The van der Waals surface area contributed by atoms with Crippen molar-refractivity contribution in [3.8, 4) is 0 Å². The molecule has 1 aromatic heterocycles. The van der Waals surface area contributed by atoms with Crippen LogP contribution in [0.4, 0.5) is 4.39 Å². The highest BCUT2D eigenvalue weighted by atomic mass is 35.5. The molecular formula is C16H16ClFN4O3S. The van der Waals surface area contributed by atoms with E-state index in [4.69, 9.17) is 11.6 Å². The lowest BCUT2D eigenvalue weighted by Gasteiger charge is -2.09. The van der Waals surface area contributed by atoms with Crippen molar-refractivity contribution >= 4 is 33.6 Å². The first-order valence-electron chi connectivity index (χ1n) is 7.81. The van der Waals surface area contributed by atoms with E-state index < -0.39 is 21.6 Å². The molecule has 10 heteroatoms. The van der Waals surface area contributed by atoms with Gasteiger partial charge in [0.15, 0.2) is 9.84 Å². The number of carbonyl (C=O) groups excluding carboxylic acids is 1. The number of rotatable bonds is 4. The largest absolute Gasteiger partial charge is 0.271 e. The molecule has 0 radical (unpaired) electrons. The molecule has 3 rings (SSSR count). The van der Waals surface area contributed by atoms with Crippen LogP contribution in [0.15, 0.2) is 29.4 Å². The number of nitrogens with zero attached hydrogens (tertiary/aromatic N) is 3. The van der Waals surface area contributed by atoms with Crippen LogP contribution in [0.25, 0.3) is 0 Å². The molecule has 0 saturated carbocycles. The average Bonchev–Trinajstić information content (AvgIpc) is 3.08. The van der Waals surface area contributed by atoms with Gasteiger partial charge in [0, 0.05) is 5.56 Å². The van der Waals surface area contributed by atoms with Crippen LogP contribution in [0.1, 0.15) is 34.1 Å². The van der Waals surface area contributed by atoms with E-state index in [0.717, 1.165) is 0 Å². The van der Waals surface area contributed by atoms with Gasteiger partial charge in [-0.1, -0.05) is 11.6 Å². The first-order chi connectivity index (χ1) is 12.3. The van der Waals surface area contributed by atoms with E-state index in [1.54, 1.807) is 6.92 Å². The minimum Gasteiger partial charge on any atom is -0.267 e. The Morgan fingerprint density at radius 2 is 2.12 bits per heavy atom. The molecule has 138 valence electrons. The Morgan fingerprint density at radius 1 is 1.42 bits per heavy atom. The molecule has 1 atom stereocenters. The molecule has 0 spiro atoms. The van der Waals surface area contributed by atoms with Gasteiger partial charge in [-0.25, -0.2) is 22.9 Å². The van der Waals surface area contributed by atoms with Crippen LogP contribution in [-0.2, 0) is 9.84 Å². The van der Waals surface area contributed by atoms with Crippen LogP contribution < -0.4 is 5.43 Å². The van der Waals surface area contributed by atoms with Crippen molar-refractivity contribution in [1.82, 2.24) is 15.2 Å². The molecule has 0 bridgehead atoms. The molecule has 1 N–H and O–H groups in total. The van der Waals surface area contributed by atoms with Gasteiger partial charge in [0.05, 0.1) is 35.0 Å². The predicted octanol–water partition coefficient (Wildman–Crippen LogP) is 2.11. The van der Waals surface area contributed by atoms with Gasteiger partial charge in [-0.05, 0) is 37.6 Å². The van der Waals surface area contributed by atoms with Crippen molar-refractivity contribution in [3.05, 3.63) is 52.1 Å². The second-order valence-corrected chi connectivity index (χ2v) is 8.58. The maximum Gasteiger partial charge on any atom is 0.271 e. The highest BCUT2D eigenvalue weighted by molar-refractivity contribution is 7.91. The van der Waals surface area contributed by atoms with Crippen LogP contribution >= 0.6 is 11.6 Å². The maximum atomic E-state index is 12.9. The second kappa shape index (κ2) is 7.16. The molecule has 2 heterocycles. The van der Waals surface area contributed by atoms with E-state index in [1.165, 1.54) is 35.2 Å². The molecular weight excluding hydrogens is 383 g/mol. The summed E-state index contributed by atoms with van der Waals surface area (Å²) in [5, 5.41) is 8.42. The highest BCUT2D eigenvalue weighted by Gasteiger charge is 2.31. The van der Waals surface area contributed by atoms with Gasteiger partial charge in [-0.3, -0.25) is 4.79 Å². The Morgan fingerprint density at radius 3 is 2.73 bits per heavy atom. The zero-order valence-electron chi connectivity index (χ0n) is 13.8. The lowest BCUT2D eigenvalue weighted by atomic mass is 10.2. The van der Waals surface area contributed by atoms with Crippen molar-refractivity contribution in [3.63, 3.8) is 0 Å². The minimum atomic E-state index is -3.06. The molecule has 1 aliphatic rings.